The molecule has 0 amide bonds. The minimum atomic E-state index is -0.723. The summed E-state index contributed by atoms with van der Waals surface area (Å²) in [4.78, 5) is 13.4. The van der Waals surface area contributed by atoms with E-state index in [9.17, 15) is 10.1 Å². The van der Waals surface area contributed by atoms with Gasteiger partial charge in [0.2, 0.25) is 0 Å². The van der Waals surface area contributed by atoms with Gasteiger partial charge in [-0.15, -0.1) is 0 Å². The van der Waals surface area contributed by atoms with Gasteiger partial charge < -0.3 is 0 Å². The Hall–Kier alpha value is -2.83. The molecule has 0 saturated carbocycles. The molecule has 0 unspecified atom stereocenters. The van der Waals surface area contributed by atoms with Crippen LogP contribution in [-0.4, -0.2) is 5.78 Å². The monoisotopic (exact) mass is 477 g/mol. The van der Waals surface area contributed by atoms with Gasteiger partial charge in [0.15, 0.2) is 5.78 Å². The highest BCUT2D eigenvalue weighted by Crippen LogP contribution is 2.42. The van der Waals surface area contributed by atoms with Crippen molar-refractivity contribution in [1.82, 2.24) is 0 Å². The fourth-order valence-corrected chi connectivity index (χ4v) is 4.84. The van der Waals surface area contributed by atoms with Gasteiger partial charge in [-0.05, 0) is 46.7 Å². The summed E-state index contributed by atoms with van der Waals surface area (Å²) < 4.78 is 0. The van der Waals surface area contributed by atoms with Crippen LogP contribution in [0.2, 0.25) is 15.1 Å². The first-order chi connectivity index (χ1) is 15.5. The van der Waals surface area contributed by atoms with E-state index in [1.807, 2.05) is 54.6 Å². The van der Waals surface area contributed by atoms with Crippen molar-refractivity contribution in [3.63, 3.8) is 0 Å². The SMILES string of the molecule is N#C[C@@H](c1c(Cl)cccc1Cl)[C@@H](CC(=O)c1ccc2ccccc2c1)c1cccc(Cl)c1. The third kappa shape index (κ3) is 4.66. The minimum Gasteiger partial charge on any atom is -0.294 e. The molecule has 0 heterocycles. The van der Waals surface area contributed by atoms with E-state index >= 15 is 0 Å². The lowest BCUT2D eigenvalue weighted by Gasteiger charge is -2.24. The first kappa shape index (κ1) is 22.4. The number of nitriles is 1. The van der Waals surface area contributed by atoms with Crippen LogP contribution in [0.15, 0.2) is 84.9 Å². The third-order valence-electron chi connectivity index (χ3n) is 5.61. The Bertz CT molecular complexity index is 1320. The Balaban J connectivity index is 1.77. The summed E-state index contributed by atoms with van der Waals surface area (Å²) in [5.41, 5.74) is 1.90. The number of fused-ring (bicyclic) bond motifs is 1. The van der Waals surface area contributed by atoms with Gasteiger partial charge in [0.1, 0.15) is 0 Å². The fourth-order valence-electron chi connectivity index (χ4n) is 4.01. The molecule has 4 rings (SSSR count). The largest absolute Gasteiger partial charge is 0.294 e. The number of ketones is 1. The number of rotatable bonds is 6. The lowest BCUT2D eigenvalue weighted by Crippen LogP contribution is -2.16. The molecule has 158 valence electrons. The number of benzene rings is 4. The topological polar surface area (TPSA) is 40.9 Å². The van der Waals surface area contributed by atoms with Crippen molar-refractivity contribution in [3.8, 4) is 6.07 Å². The van der Waals surface area contributed by atoms with Crippen LogP contribution in [0.5, 0.6) is 0 Å². The molecule has 0 aliphatic heterocycles. The van der Waals surface area contributed by atoms with E-state index in [0.717, 1.165) is 16.3 Å². The van der Waals surface area contributed by atoms with Crippen LogP contribution < -0.4 is 0 Å². The lowest BCUT2D eigenvalue weighted by atomic mass is 9.78. The molecular formula is C27H18Cl3NO. The Labute approximate surface area is 202 Å². The summed E-state index contributed by atoms with van der Waals surface area (Å²) in [5, 5.41) is 13.5. The predicted molar refractivity (Wildman–Crippen MR) is 132 cm³/mol. The number of hydrogen-bond donors (Lipinski definition) is 0. The molecule has 4 aromatic rings. The molecule has 5 heteroatoms. The number of nitrogens with zero attached hydrogens (tertiary/aromatic N) is 1. The van der Waals surface area contributed by atoms with Gasteiger partial charge in [-0.1, -0.05) is 89.4 Å². The molecule has 2 atom stereocenters. The smallest absolute Gasteiger partial charge is 0.163 e. The standard InChI is InChI=1S/C27H18Cl3NO/c28-21-8-3-7-19(14-21)22(23(16-31)27-24(29)9-4-10-25(27)30)15-26(32)20-12-11-17-5-1-2-6-18(17)13-20/h1-14,22-23H,15H2/t22-,23+/m0/s1. The summed E-state index contributed by atoms with van der Waals surface area (Å²) in [6, 6.07) is 28.2. The molecule has 0 aromatic heterocycles. The first-order valence-electron chi connectivity index (χ1n) is 10.1. The number of carbonyl (C=O) groups is 1. The third-order valence-corrected chi connectivity index (χ3v) is 6.50. The van der Waals surface area contributed by atoms with Gasteiger partial charge in [0.25, 0.3) is 0 Å². The Morgan fingerprint density at radius 1 is 0.812 bits per heavy atom. The maximum Gasteiger partial charge on any atom is 0.163 e. The summed E-state index contributed by atoms with van der Waals surface area (Å²) in [6.07, 6.45) is 0.110. The fraction of sp³-hybridized carbons (Fsp3) is 0.111. The zero-order valence-electron chi connectivity index (χ0n) is 16.9. The summed E-state index contributed by atoms with van der Waals surface area (Å²) >= 11 is 19.1. The summed E-state index contributed by atoms with van der Waals surface area (Å²) in [7, 11) is 0. The molecule has 4 aromatic carbocycles. The molecule has 0 bridgehead atoms. The van der Waals surface area contributed by atoms with Crippen molar-refractivity contribution in [2.24, 2.45) is 0 Å². The van der Waals surface area contributed by atoms with Gasteiger partial charge in [-0.25, -0.2) is 0 Å². The van der Waals surface area contributed by atoms with Gasteiger partial charge in [0.05, 0.1) is 12.0 Å². The van der Waals surface area contributed by atoms with Gasteiger partial charge in [0, 0.05) is 38.5 Å². The highest BCUT2D eigenvalue weighted by atomic mass is 35.5. The molecule has 0 fully saturated rings. The minimum absolute atomic E-state index is 0.0656. The lowest BCUT2D eigenvalue weighted by molar-refractivity contribution is 0.0972. The number of hydrogen-bond acceptors (Lipinski definition) is 2. The number of Topliss-reactive ketones (excluding diaryl/α,β-unsaturated/α-hetero) is 1. The molecular weight excluding hydrogens is 461 g/mol. The van der Waals surface area contributed by atoms with Crippen LogP contribution in [0.25, 0.3) is 10.8 Å². The summed E-state index contributed by atoms with van der Waals surface area (Å²) in [6.45, 7) is 0. The molecule has 0 aliphatic rings. The van der Waals surface area contributed by atoms with E-state index in [4.69, 9.17) is 34.8 Å². The van der Waals surface area contributed by atoms with Crippen molar-refractivity contribution in [3.05, 3.63) is 117 Å². The van der Waals surface area contributed by atoms with Crippen molar-refractivity contribution in [1.29, 1.82) is 5.26 Å². The normalized spacial score (nSPS) is 12.8. The molecule has 0 spiro atoms. The number of halogens is 3. The second-order valence-corrected chi connectivity index (χ2v) is 8.84. The van der Waals surface area contributed by atoms with Crippen molar-refractivity contribution >= 4 is 51.4 Å². The van der Waals surface area contributed by atoms with Gasteiger partial charge >= 0.3 is 0 Å². The average molecular weight is 479 g/mol. The molecule has 0 aliphatic carbocycles. The van der Waals surface area contributed by atoms with E-state index in [0.29, 0.717) is 26.2 Å². The van der Waals surface area contributed by atoms with E-state index in [1.54, 1.807) is 30.3 Å². The highest BCUT2D eigenvalue weighted by molar-refractivity contribution is 6.36. The van der Waals surface area contributed by atoms with Crippen LogP contribution in [0.4, 0.5) is 0 Å². The quantitative estimate of drug-likeness (QED) is 0.261. The summed E-state index contributed by atoms with van der Waals surface area (Å²) in [5.74, 6) is -1.27. The molecule has 0 saturated heterocycles. The highest BCUT2D eigenvalue weighted by Gasteiger charge is 2.31. The second kappa shape index (κ2) is 9.76. The van der Waals surface area contributed by atoms with Crippen LogP contribution in [0, 0.1) is 11.3 Å². The van der Waals surface area contributed by atoms with E-state index in [-0.39, 0.29) is 12.2 Å². The molecule has 32 heavy (non-hydrogen) atoms. The Kier molecular flexibility index (Phi) is 6.82. The van der Waals surface area contributed by atoms with Crippen molar-refractivity contribution in [2.45, 2.75) is 18.3 Å². The zero-order chi connectivity index (χ0) is 22.7. The number of carbonyl (C=O) groups excluding carboxylic acids is 1. The van der Waals surface area contributed by atoms with E-state index < -0.39 is 11.8 Å². The predicted octanol–water partition coefficient (Wildman–Crippen LogP) is 8.46. The van der Waals surface area contributed by atoms with Gasteiger partial charge in [-0.2, -0.15) is 5.26 Å². The Morgan fingerprint density at radius 3 is 2.19 bits per heavy atom. The van der Waals surface area contributed by atoms with E-state index in [2.05, 4.69) is 6.07 Å². The zero-order valence-corrected chi connectivity index (χ0v) is 19.2. The van der Waals surface area contributed by atoms with Crippen LogP contribution >= 0.6 is 34.8 Å². The van der Waals surface area contributed by atoms with Crippen molar-refractivity contribution in [2.75, 3.05) is 0 Å². The average Bonchev–Trinajstić information content (AvgIpc) is 2.80. The van der Waals surface area contributed by atoms with E-state index in [1.165, 1.54) is 0 Å². The van der Waals surface area contributed by atoms with Crippen LogP contribution in [0.1, 0.15) is 39.7 Å². The van der Waals surface area contributed by atoms with Crippen molar-refractivity contribution < 1.29 is 4.79 Å². The maximum atomic E-state index is 13.4. The van der Waals surface area contributed by atoms with Crippen LogP contribution in [0.3, 0.4) is 0 Å². The molecule has 0 radical (unpaired) electrons. The second-order valence-electron chi connectivity index (χ2n) is 7.59. The molecule has 2 nitrogen and oxygen atoms in total. The maximum absolute atomic E-state index is 13.4. The molecule has 0 N–H and O–H groups in total. The van der Waals surface area contributed by atoms with Crippen LogP contribution in [-0.2, 0) is 0 Å². The van der Waals surface area contributed by atoms with Gasteiger partial charge in [-0.3, -0.25) is 4.79 Å². The first-order valence-corrected chi connectivity index (χ1v) is 11.2. The Morgan fingerprint density at radius 2 is 1.50 bits per heavy atom.